The lowest BCUT2D eigenvalue weighted by Gasteiger charge is -2.35. The minimum atomic E-state index is -0.0116. The summed E-state index contributed by atoms with van der Waals surface area (Å²) in [6.45, 7) is 6.68. The number of hydrogen-bond donors (Lipinski definition) is 1. The van der Waals surface area contributed by atoms with Gasteiger partial charge in [-0.2, -0.15) is 0 Å². The molecular weight excluding hydrogens is 360 g/mol. The van der Waals surface area contributed by atoms with Gasteiger partial charge >= 0.3 is 0 Å². The summed E-state index contributed by atoms with van der Waals surface area (Å²) in [7, 11) is 0. The van der Waals surface area contributed by atoms with Gasteiger partial charge < -0.3 is 4.90 Å². The molecule has 1 fully saturated rings. The van der Waals surface area contributed by atoms with Gasteiger partial charge in [-0.15, -0.1) is 0 Å². The molecule has 2 heterocycles. The van der Waals surface area contributed by atoms with E-state index in [1.165, 1.54) is 5.56 Å². The molecule has 1 aromatic heterocycles. The number of anilines is 1. The van der Waals surface area contributed by atoms with E-state index in [1.807, 2.05) is 30.3 Å². The van der Waals surface area contributed by atoms with E-state index in [1.54, 1.807) is 0 Å². The zero-order valence-corrected chi connectivity index (χ0v) is 17.0. The molecule has 1 aliphatic heterocycles. The van der Waals surface area contributed by atoms with Crippen LogP contribution in [0.4, 0.5) is 5.95 Å². The van der Waals surface area contributed by atoms with Gasteiger partial charge in [-0.25, -0.2) is 4.98 Å². The number of nitrogens with zero attached hydrogens (tertiary/aromatic N) is 3. The summed E-state index contributed by atoms with van der Waals surface area (Å²) in [5.74, 6) is 0.688. The van der Waals surface area contributed by atoms with Crippen molar-refractivity contribution in [2.45, 2.75) is 26.3 Å². The molecule has 4 rings (SSSR count). The molecule has 150 valence electrons. The number of benzene rings is 2. The van der Waals surface area contributed by atoms with E-state index in [2.05, 4.69) is 52.0 Å². The average molecular weight is 389 g/mol. The fraction of sp³-hybridized carbons (Fsp3) is 0.333. The Kier molecular flexibility index (Phi) is 6.06. The summed E-state index contributed by atoms with van der Waals surface area (Å²) in [5, 5.41) is 0. The van der Waals surface area contributed by atoms with Crippen LogP contribution in [0.25, 0.3) is 11.3 Å². The van der Waals surface area contributed by atoms with E-state index in [0.29, 0.717) is 5.95 Å². The minimum Gasteiger partial charge on any atom is -0.340 e. The van der Waals surface area contributed by atoms with Crippen molar-refractivity contribution < 1.29 is 0 Å². The third-order valence-corrected chi connectivity index (χ3v) is 5.47. The fourth-order valence-electron chi connectivity index (χ4n) is 3.91. The van der Waals surface area contributed by atoms with Crippen LogP contribution < -0.4 is 10.5 Å². The maximum atomic E-state index is 12.8. The van der Waals surface area contributed by atoms with Crippen LogP contribution in [0.2, 0.25) is 0 Å². The largest absolute Gasteiger partial charge is 0.340 e. The molecule has 0 bridgehead atoms. The molecule has 0 radical (unpaired) electrons. The van der Waals surface area contributed by atoms with Gasteiger partial charge in [-0.3, -0.25) is 14.7 Å². The third-order valence-electron chi connectivity index (χ3n) is 5.47. The highest BCUT2D eigenvalue weighted by Crippen LogP contribution is 2.23. The lowest BCUT2D eigenvalue weighted by atomic mass is 10.0. The highest BCUT2D eigenvalue weighted by Gasteiger charge is 2.21. The average Bonchev–Trinajstić information content (AvgIpc) is 2.77. The first-order valence-electron chi connectivity index (χ1n) is 10.4. The quantitative estimate of drug-likeness (QED) is 0.699. The SMILES string of the molecule is CCCc1c(-c2ccccc2)nc(N2CCN(Cc3ccccc3)CC2)[nH]c1=O. The zero-order chi connectivity index (χ0) is 20.1. The van der Waals surface area contributed by atoms with E-state index in [9.17, 15) is 4.79 Å². The molecule has 1 saturated heterocycles. The van der Waals surface area contributed by atoms with Gasteiger partial charge in [0.25, 0.3) is 5.56 Å². The molecule has 0 aliphatic carbocycles. The van der Waals surface area contributed by atoms with Crippen molar-refractivity contribution in [2.75, 3.05) is 31.1 Å². The number of nitrogens with one attached hydrogen (secondary N) is 1. The first-order chi connectivity index (χ1) is 14.2. The minimum absolute atomic E-state index is 0.0116. The summed E-state index contributed by atoms with van der Waals surface area (Å²) in [5.41, 5.74) is 3.93. The molecule has 0 unspecified atom stereocenters. The van der Waals surface area contributed by atoms with Crippen molar-refractivity contribution in [3.63, 3.8) is 0 Å². The maximum Gasteiger partial charge on any atom is 0.256 e. The summed E-state index contributed by atoms with van der Waals surface area (Å²) in [4.78, 5) is 25.4. The molecule has 1 aliphatic rings. The first-order valence-corrected chi connectivity index (χ1v) is 10.4. The van der Waals surface area contributed by atoms with Gasteiger partial charge in [0.15, 0.2) is 0 Å². The van der Waals surface area contributed by atoms with Crippen LogP contribution in [-0.4, -0.2) is 41.0 Å². The molecule has 2 aromatic carbocycles. The molecule has 1 N–H and O–H groups in total. The number of piperazine rings is 1. The van der Waals surface area contributed by atoms with E-state index < -0.39 is 0 Å². The van der Waals surface area contributed by atoms with Crippen molar-refractivity contribution in [1.29, 1.82) is 0 Å². The topological polar surface area (TPSA) is 52.2 Å². The van der Waals surface area contributed by atoms with Gasteiger partial charge in [0.1, 0.15) is 0 Å². The summed E-state index contributed by atoms with van der Waals surface area (Å²) in [6.07, 6.45) is 1.65. The Hall–Kier alpha value is -2.92. The van der Waals surface area contributed by atoms with E-state index in [-0.39, 0.29) is 5.56 Å². The summed E-state index contributed by atoms with van der Waals surface area (Å²) in [6, 6.07) is 20.6. The fourth-order valence-corrected chi connectivity index (χ4v) is 3.91. The van der Waals surface area contributed by atoms with Crippen LogP contribution in [-0.2, 0) is 13.0 Å². The molecular formula is C24H28N4O. The van der Waals surface area contributed by atoms with Gasteiger partial charge in [-0.05, 0) is 12.0 Å². The first kappa shape index (κ1) is 19.4. The van der Waals surface area contributed by atoms with Gasteiger partial charge in [-0.1, -0.05) is 74.0 Å². The third kappa shape index (κ3) is 4.57. The maximum absolute atomic E-state index is 12.8. The molecule has 3 aromatic rings. The zero-order valence-electron chi connectivity index (χ0n) is 17.0. The molecule has 29 heavy (non-hydrogen) atoms. The summed E-state index contributed by atoms with van der Waals surface area (Å²) >= 11 is 0. The van der Waals surface area contributed by atoms with Crippen LogP contribution >= 0.6 is 0 Å². The number of aromatic amines is 1. The predicted molar refractivity (Wildman–Crippen MR) is 118 cm³/mol. The van der Waals surface area contributed by atoms with Gasteiger partial charge in [0.2, 0.25) is 5.95 Å². The molecule has 0 atom stereocenters. The number of aromatic nitrogens is 2. The van der Waals surface area contributed by atoms with Crippen molar-refractivity contribution in [3.8, 4) is 11.3 Å². The number of H-pyrrole nitrogens is 1. The number of rotatable bonds is 6. The number of hydrogen-bond acceptors (Lipinski definition) is 4. The highest BCUT2D eigenvalue weighted by molar-refractivity contribution is 5.64. The second-order valence-corrected chi connectivity index (χ2v) is 7.58. The lowest BCUT2D eigenvalue weighted by molar-refractivity contribution is 0.248. The molecule has 0 amide bonds. The van der Waals surface area contributed by atoms with Crippen molar-refractivity contribution in [2.24, 2.45) is 0 Å². The highest BCUT2D eigenvalue weighted by atomic mass is 16.1. The van der Waals surface area contributed by atoms with Gasteiger partial charge in [0.05, 0.1) is 5.69 Å². The van der Waals surface area contributed by atoms with Crippen LogP contribution in [0, 0.1) is 0 Å². The van der Waals surface area contributed by atoms with Crippen molar-refractivity contribution in [3.05, 3.63) is 82.1 Å². The van der Waals surface area contributed by atoms with Crippen LogP contribution in [0.5, 0.6) is 0 Å². The van der Waals surface area contributed by atoms with E-state index in [4.69, 9.17) is 4.98 Å². The van der Waals surface area contributed by atoms with E-state index in [0.717, 1.165) is 62.4 Å². The molecule has 0 saturated carbocycles. The van der Waals surface area contributed by atoms with Crippen LogP contribution in [0.3, 0.4) is 0 Å². The van der Waals surface area contributed by atoms with Crippen molar-refractivity contribution in [1.82, 2.24) is 14.9 Å². The smallest absolute Gasteiger partial charge is 0.256 e. The lowest BCUT2D eigenvalue weighted by Crippen LogP contribution is -2.47. The Balaban J connectivity index is 1.53. The van der Waals surface area contributed by atoms with Crippen LogP contribution in [0.1, 0.15) is 24.5 Å². The molecule has 0 spiro atoms. The normalized spacial score (nSPS) is 14.9. The second kappa shape index (κ2) is 9.05. The second-order valence-electron chi connectivity index (χ2n) is 7.58. The summed E-state index contributed by atoms with van der Waals surface area (Å²) < 4.78 is 0. The molecule has 5 nitrogen and oxygen atoms in total. The Morgan fingerprint density at radius 2 is 1.59 bits per heavy atom. The Bertz CT molecular complexity index is 977. The van der Waals surface area contributed by atoms with E-state index >= 15 is 0 Å². The van der Waals surface area contributed by atoms with Crippen molar-refractivity contribution >= 4 is 5.95 Å². The molecule has 5 heteroatoms. The monoisotopic (exact) mass is 388 g/mol. The van der Waals surface area contributed by atoms with Crippen LogP contribution in [0.15, 0.2) is 65.5 Å². The standard InChI is InChI=1S/C24H28N4O/c1-2-9-21-22(20-12-7-4-8-13-20)25-24(26-23(21)29)28-16-14-27(15-17-28)18-19-10-5-3-6-11-19/h3-8,10-13H,2,9,14-18H2,1H3,(H,25,26,29). The Labute approximate surface area is 172 Å². The van der Waals surface area contributed by atoms with Gasteiger partial charge in [0, 0.05) is 43.9 Å². The Morgan fingerprint density at radius 3 is 2.24 bits per heavy atom. The Morgan fingerprint density at radius 1 is 0.931 bits per heavy atom. The predicted octanol–water partition coefficient (Wildman–Crippen LogP) is 3.71.